The van der Waals surface area contributed by atoms with Crippen molar-refractivity contribution in [2.45, 2.75) is 26.2 Å². The lowest BCUT2D eigenvalue weighted by molar-refractivity contribution is 0.478. The minimum atomic E-state index is 0.0880. The molecule has 0 fully saturated rings. The second-order valence-electron chi connectivity index (χ2n) is 5.85. The maximum atomic E-state index is 9.36. The zero-order chi connectivity index (χ0) is 14.8. The van der Waals surface area contributed by atoms with Crippen molar-refractivity contribution in [2.75, 3.05) is 5.73 Å². The summed E-state index contributed by atoms with van der Waals surface area (Å²) in [4.78, 5) is 0. The average molecular weight is 265 g/mol. The summed E-state index contributed by atoms with van der Waals surface area (Å²) in [6.07, 6.45) is 0. The monoisotopic (exact) mass is 265 g/mol. The van der Waals surface area contributed by atoms with Gasteiger partial charge in [0.05, 0.1) is 5.69 Å². The fourth-order valence-electron chi connectivity index (χ4n) is 1.83. The topological polar surface area (TPSA) is 46.2 Å². The van der Waals surface area contributed by atoms with Crippen molar-refractivity contribution in [3.8, 4) is 17.6 Å². The molecule has 102 valence electrons. The quantitative estimate of drug-likeness (QED) is 0.434. The Morgan fingerprint density at radius 1 is 0.900 bits per heavy atom. The number of phenols is 1. The fourth-order valence-corrected chi connectivity index (χ4v) is 1.83. The van der Waals surface area contributed by atoms with Gasteiger partial charge < -0.3 is 10.8 Å². The molecule has 0 radical (unpaired) electrons. The lowest BCUT2D eigenvalue weighted by atomic mass is 9.87. The number of benzene rings is 2. The second kappa shape index (κ2) is 5.30. The highest BCUT2D eigenvalue weighted by atomic mass is 16.3. The summed E-state index contributed by atoms with van der Waals surface area (Å²) in [6, 6.07) is 13.2. The van der Waals surface area contributed by atoms with E-state index in [-0.39, 0.29) is 11.2 Å². The largest absolute Gasteiger partial charge is 0.506 e. The summed E-state index contributed by atoms with van der Waals surface area (Å²) in [5, 5.41) is 9.36. The number of aromatic hydroxyl groups is 1. The van der Waals surface area contributed by atoms with E-state index in [1.54, 1.807) is 18.2 Å². The first kappa shape index (κ1) is 14.0. The Morgan fingerprint density at radius 3 is 2.00 bits per heavy atom. The van der Waals surface area contributed by atoms with Crippen molar-refractivity contribution in [2.24, 2.45) is 0 Å². The van der Waals surface area contributed by atoms with Crippen LogP contribution < -0.4 is 5.73 Å². The molecule has 20 heavy (non-hydrogen) atoms. The van der Waals surface area contributed by atoms with Gasteiger partial charge in [-0.05, 0) is 41.3 Å². The Morgan fingerprint density at radius 2 is 1.45 bits per heavy atom. The van der Waals surface area contributed by atoms with Crippen molar-refractivity contribution >= 4 is 5.69 Å². The van der Waals surface area contributed by atoms with Crippen LogP contribution in [0.1, 0.15) is 37.5 Å². The van der Waals surface area contributed by atoms with Crippen molar-refractivity contribution in [3.05, 3.63) is 59.2 Å². The molecule has 0 aromatic heterocycles. The summed E-state index contributed by atoms with van der Waals surface area (Å²) in [5.41, 5.74) is 9.18. The van der Waals surface area contributed by atoms with Gasteiger partial charge in [0.15, 0.2) is 0 Å². The number of hydrogen-bond donors (Lipinski definition) is 2. The van der Waals surface area contributed by atoms with E-state index in [0.717, 1.165) is 11.1 Å². The van der Waals surface area contributed by atoms with E-state index in [1.165, 1.54) is 5.56 Å². The summed E-state index contributed by atoms with van der Waals surface area (Å²) in [7, 11) is 0. The third-order valence-corrected chi connectivity index (χ3v) is 3.13. The number of phenolic OH excluding ortho intramolecular Hbond substituents is 1. The van der Waals surface area contributed by atoms with Gasteiger partial charge in [-0.3, -0.25) is 0 Å². The number of nitrogens with two attached hydrogens (primary N) is 1. The zero-order valence-corrected chi connectivity index (χ0v) is 12.1. The Balaban J connectivity index is 2.22. The normalized spacial score (nSPS) is 10.8. The molecule has 0 spiro atoms. The summed E-state index contributed by atoms with van der Waals surface area (Å²) >= 11 is 0. The molecule has 2 nitrogen and oxygen atoms in total. The number of nitrogen functional groups attached to an aromatic ring is 1. The molecule has 0 unspecified atom stereocenters. The Bertz CT molecular complexity index is 667. The molecule has 2 heteroatoms. The molecule has 0 atom stereocenters. The molecular formula is C18H19NO. The van der Waals surface area contributed by atoms with Crippen LogP contribution in [0.3, 0.4) is 0 Å². The number of hydrogen-bond acceptors (Lipinski definition) is 2. The van der Waals surface area contributed by atoms with E-state index in [0.29, 0.717) is 5.69 Å². The van der Waals surface area contributed by atoms with E-state index in [9.17, 15) is 5.11 Å². The molecule has 0 aliphatic carbocycles. The first-order valence-electron chi connectivity index (χ1n) is 6.57. The SMILES string of the molecule is CC(C)(C)c1ccc(C#Cc2ccc(O)c(N)c2)cc1. The predicted octanol–water partition coefficient (Wildman–Crippen LogP) is 3.67. The van der Waals surface area contributed by atoms with Crippen LogP contribution in [-0.4, -0.2) is 5.11 Å². The van der Waals surface area contributed by atoms with Crippen LogP contribution in [0.4, 0.5) is 5.69 Å². The first-order valence-corrected chi connectivity index (χ1v) is 6.57. The van der Waals surface area contributed by atoms with E-state index in [4.69, 9.17) is 5.73 Å². The lowest BCUT2D eigenvalue weighted by Gasteiger charge is -2.18. The molecule has 3 N–H and O–H groups in total. The fraction of sp³-hybridized carbons (Fsp3) is 0.222. The Labute approximate surface area is 120 Å². The van der Waals surface area contributed by atoms with Crippen LogP contribution in [0, 0.1) is 11.8 Å². The molecule has 0 bridgehead atoms. The smallest absolute Gasteiger partial charge is 0.138 e. The molecule has 0 amide bonds. The molecule has 0 saturated heterocycles. The van der Waals surface area contributed by atoms with Crippen LogP contribution in [0.15, 0.2) is 42.5 Å². The third-order valence-electron chi connectivity index (χ3n) is 3.13. The number of anilines is 1. The predicted molar refractivity (Wildman–Crippen MR) is 83.6 cm³/mol. The van der Waals surface area contributed by atoms with Gasteiger partial charge >= 0.3 is 0 Å². The highest BCUT2D eigenvalue weighted by Gasteiger charge is 2.12. The summed E-state index contributed by atoms with van der Waals surface area (Å²) < 4.78 is 0. The van der Waals surface area contributed by atoms with Gasteiger partial charge in [0, 0.05) is 11.1 Å². The molecule has 2 rings (SSSR count). The van der Waals surface area contributed by atoms with Gasteiger partial charge in [-0.25, -0.2) is 0 Å². The molecule has 0 saturated carbocycles. The maximum Gasteiger partial charge on any atom is 0.138 e. The van der Waals surface area contributed by atoms with Gasteiger partial charge in [0.2, 0.25) is 0 Å². The first-order chi connectivity index (χ1) is 9.36. The standard InChI is InChI=1S/C18H19NO/c1-18(2,3)15-9-6-13(7-10-15)4-5-14-8-11-17(20)16(19)12-14/h6-12,20H,19H2,1-3H3. The van der Waals surface area contributed by atoms with E-state index in [2.05, 4.69) is 44.7 Å². The Hall–Kier alpha value is -2.40. The minimum absolute atomic E-state index is 0.0880. The number of rotatable bonds is 0. The van der Waals surface area contributed by atoms with Crippen LogP contribution >= 0.6 is 0 Å². The van der Waals surface area contributed by atoms with Crippen molar-refractivity contribution < 1.29 is 5.11 Å². The van der Waals surface area contributed by atoms with Gasteiger partial charge in [-0.2, -0.15) is 0 Å². The van der Waals surface area contributed by atoms with Gasteiger partial charge in [-0.1, -0.05) is 44.7 Å². The van der Waals surface area contributed by atoms with Gasteiger partial charge in [0.1, 0.15) is 5.75 Å². The Kier molecular flexibility index (Phi) is 3.72. The van der Waals surface area contributed by atoms with E-state index < -0.39 is 0 Å². The molecule has 0 heterocycles. The van der Waals surface area contributed by atoms with Gasteiger partial charge in [-0.15, -0.1) is 0 Å². The molecule has 2 aromatic carbocycles. The van der Waals surface area contributed by atoms with Gasteiger partial charge in [0.25, 0.3) is 0 Å². The highest BCUT2D eigenvalue weighted by molar-refractivity contribution is 5.57. The summed E-state index contributed by atoms with van der Waals surface area (Å²) in [6.45, 7) is 6.56. The van der Waals surface area contributed by atoms with E-state index in [1.807, 2.05) is 12.1 Å². The van der Waals surface area contributed by atoms with Crippen LogP contribution in [0.25, 0.3) is 0 Å². The average Bonchev–Trinajstić information content (AvgIpc) is 2.40. The van der Waals surface area contributed by atoms with Crippen LogP contribution in [-0.2, 0) is 5.41 Å². The molecule has 2 aromatic rings. The van der Waals surface area contributed by atoms with Crippen molar-refractivity contribution in [1.82, 2.24) is 0 Å². The molecule has 0 aliphatic rings. The molecule has 0 aliphatic heterocycles. The highest BCUT2D eigenvalue weighted by Crippen LogP contribution is 2.22. The second-order valence-corrected chi connectivity index (χ2v) is 5.85. The van der Waals surface area contributed by atoms with Crippen LogP contribution in [0.5, 0.6) is 5.75 Å². The summed E-state index contributed by atoms with van der Waals surface area (Å²) in [5.74, 6) is 6.23. The zero-order valence-electron chi connectivity index (χ0n) is 12.1. The third kappa shape index (κ3) is 3.33. The van der Waals surface area contributed by atoms with E-state index >= 15 is 0 Å². The van der Waals surface area contributed by atoms with Crippen molar-refractivity contribution in [1.29, 1.82) is 0 Å². The van der Waals surface area contributed by atoms with Crippen molar-refractivity contribution in [3.63, 3.8) is 0 Å². The lowest BCUT2D eigenvalue weighted by Crippen LogP contribution is -2.10. The van der Waals surface area contributed by atoms with Crippen LogP contribution in [0.2, 0.25) is 0 Å². The molecular weight excluding hydrogens is 246 g/mol. The maximum absolute atomic E-state index is 9.36. The minimum Gasteiger partial charge on any atom is -0.506 e.